The third-order valence-corrected chi connectivity index (χ3v) is 7.54. The van der Waals surface area contributed by atoms with Crippen molar-refractivity contribution in [2.45, 2.75) is 93.0 Å². The first-order valence-corrected chi connectivity index (χ1v) is 16.1. The molecule has 4 aromatic rings. The SMILES string of the molecule is C=C=Cn1cc(C#N)c2c(C(C)C)nc(C(C)C)nc21.CC.Cc1nc(C(C)C)c2c(n1)N(C(C)c1cccnc1N)CCOC2=O. The Bertz CT molecular complexity index is 1810. The molecule has 11 heteroatoms. The number of nitriles is 1. The lowest BCUT2D eigenvalue weighted by Crippen LogP contribution is -2.31. The number of hydrogen-bond acceptors (Lipinski definition) is 10. The van der Waals surface area contributed by atoms with Crippen LogP contribution < -0.4 is 10.6 Å². The summed E-state index contributed by atoms with van der Waals surface area (Å²) in [5, 5.41) is 10.2. The summed E-state index contributed by atoms with van der Waals surface area (Å²) in [6.45, 7) is 24.6. The van der Waals surface area contributed by atoms with Gasteiger partial charge in [0, 0.05) is 23.9 Å². The smallest absolute Gasteiger partial charge is 0.343 e. The maximum atomic E-state index is 12.5. The van der Waals surface area contributed by atoms with Gasteiger partial charge in [0.2, 0.25) is 0 Å². The first-order chi connectivity index (χ1) is 22.4. The molecule has 1 unspecified atom stereocenters. The van der Waals surface area contributed by atoms with Crippen molar-refractivity contribution in [1.82, 2.24) is 29.5 Å². The van der Waals surface area contributed by atoms with Crippen LogP contribution in [0.15, 0.2) is 36.8 Å². The van der Waals surface area contributed by atoms with E-state index in [9.17, 15) is 10.1 Å². The zero-order chi connectivity index (χ0) is 35.0. The molecule has 248 valence electrons. The van der Waals surface area contributed by atoms with Crippen LogP contribution in [0.3, 0.4) is 0 Å². The summed E-state index contributed by atoms with van der Waals surface area (Å²) < 4.78 is 7.19. The molecule has 0 aliphatic carbocycles. The highest BCUT2D eigenvalue weighted by atomic mass is 16.5. The van der Waals surface area contributed by atoms with E-state index in [4.69, 9.17) is 10.5 Å². The van der Waals surface area contributed by atoms with Gasteiger partial charge < -0.3 is 15.4 Å². The van der Waals surface area contributed by atoms with Crippen LogP contribution in [0.1, 0.15) is 131 Å². The Morgan fingerprint density at radius 1 is 1.02 bits per heavy atom. The third-order valence-electron chi connectivity index (χ3n) is 7.54. The van der Waals surface area contributed by atoms with Gasteiger partial charge in [0.05, 0.1) is 41.1 Å². The molecule has 1 aliphatic rings. The fourth-order valence-electron chi connectivity index (χ4n) is 5.29. The van der Waals surface area contributed by atoms with Crippen LogP contribution in [-0.2, 0) is 4.74 Å². The number of anilines is 2. The summed E-state index contributed by atoms with van der Waals surface area (Å²) >= 11 is 0. The fourth-order valence-corrected chi connectivity index (χ4v) is 5.29. The number of esters is 1. The van der Waals surface area contributed by atoms with Gasteiger partial charge in [-0.25, -0.2) is 29.7 Å². The molecule has 2 N–H and O–H groups in total. The maximum Gasteiger partial charge on any atom is 0.343 e. The molecule has 0 amide bonds. The monoisotopic (exact) mass is 637 g/mol. The van der Waals surface area contributed by atoms with Gasteiger partial charge in [-0.15, -0.1) is 5.73 Å². The summed E-state index contributed by atoms with van der Waals surface area (Å²) in [5.74, 6) is 2.69. The Morgan fingerprint density at radius 3 is 2.28 bits per heavy atom. The van der Waals surface area contributed by atoms with E-state index in [2.05, 4.69) is 71.0 Å². The number of carbonyl (C=O) groups is 1. The standard InChI is InChI=1S/C18H23N5O2.C16H18N4.C2H6/c1-10(2)15-14-17(22-12(4)21-15)23(8-9-25-18(14)24)11(3)13-6-5-7-20-16(13)19;1-6-7-20-9-12(8-17)13-14(10(2)3)18-15(11(4)5)19-16(13)20;1-2/h5-7,10-11H,8-9H2,1-4H3,(H2,19,20);7,9-11H,1H2,2-5H3;1-2H3. The minimum atomic E-state index is -0.368. The highest BCUT2D eigenvalue weighted by molar-refractivity contribution is 5.97. The van der Waals surface area contributed by atoms with Crippen LogP contribution in [0.4, 0.5) is 11.6 Å². The van der Waals surface area contributed by atoms with Gasteiger partial charge in [0.25, 0.3) is 0 Å². The highest BCUT2D eigenvalue weighted by Gasteiger charge is 2.32. The molecule has 1 atom stereocenters. The van der Waals surface area contributed by atoms with Crippen LogP contribution >= 0.6 is 0 Å². The third kappa shape index (κ3) is 7.84. The largest absolute Gasteiger partial charge is 0.460 e. The van der Waals surface area contributed by atoms with Crippen molar-refractivity contribution in [2.75, 3.05) is 23.8 Å². The van der Waals surface area contributed by atoms with Crippen molar-refractivity contribution in [1.29, 1.82) is 5.26 Å². The van der Waals surface area contributed by atoms with Crippen LogP contribution in [-0.4, -0.2) is 48.6 Å². The molecule has 0 spiro atoms. The molecule has 1 aliphatic heterocycles. The minimum absolute atomic E-state index is 0.0849. The van der Waals surface area contributed by atoms with Gasteiger partial charge in [0.1, 0.15) is 47.2 Å². The van der Waals surface area contributed by atoms with Crippen LogP contribution in [0.25, 0.3) is 17.2 Å². The van der Waals surface area contributed by atoms with Crippen molar-refractivity contribution < 1.29 is 9.53 Å². The second-order valence-corrected chi connectivity index (χ2v) is 11.9. The van der Waals surface area contributed by atoms with Gasteiger partial charge in [-0.3, -0.25) is 4.57 Å². The molecule has 0 radical (unpaired) electrons. The average molecular weight is 638 g/mol. The number of nitrogens with two attached hydrogens (primary N) is 1. The number of cyclic esters (lactones) is 1. The van der Waals surface area contributed by atoms with Gasteiger partial charge in [0.15, 0.2) is 0 Å². The second kappa shape index (κ2) is 16.0. The maximum absolute atomic E-state index is 12.5. The lowest BCUT2D eigenvalue weighted by molar-refractivity contribution is 0.0523. The number of carbonyl (C=O) groups excluding carboxylic acids is 1. The Balaban J connectivity index is 0.000000248. The van der Waals surface area contributed by atoms with E-state index in [0.29, 0.717) is 40.8 Å². The van der Waals surface area contributed by atoms with Crippen LogP contribution in [0, 0.1) is 18.3 Å². The molecule has 11 nitrogen and oxygen atoms in total. The normalized spacial score (nSPS) is 13.0. The number of aryl methyl sites for hydroxylation is 1. The van der Waals surface area contributed by atoms with E-state index in [1.807, 2.05) is 58.6 Å². The zero-order valence-electron chi connectivity index (χ0n) is 29.3. The Hall–Kier alpha value is -5.07. The van der Waals surface area contributed by atoms with Crippen molar-refractivity contribution in [2.24, 2.45) is 0 Å². The molecular weight excluding hydrogens is 590 g/mol. The first kappa shape index (κ1) is 36.4. The summed E-state index contributed by atoms with van der Waals surface area (Å²) in [6, 6.07) is 5.92. The number of nitrogens with zero attached hydrogens (tertiary/aromatic N) is 8. The number of rotatable bonds is 6. The van der Waals surface area contributed by atoms with E-state index >= 15 is 0 Å². The highest BCUT2D eigenvalue weighted by Crippen LogP contribution is 2.35. The predicted molar refractivity (Wildman–Crippen MR) is 187 cm³/mol. The number of aromatic nitrogens is 6. The average Bonchev–Trinajstić information content (AvgIpc) is 3.31. The topological polar surface area (TPSA) is 149 Å². The summed E-state index contributed by atoms with van der Waals surface area (Å²) in [7, 11) is 0. The fraction of sp³-hybridized carbons (Fsp3) is 0.444. The molecule has 5 rings (SSSR count). The molecule has 47 heavy (non-hydrogen) atoms. The summed E-state index contributed by atoms with van der Waals surface area (Å²) in [4.78, 5) is 37.1. The number of hydrogen-bond donors (Lipinski definition) is 1. The number of fused-ring (bicyclic) bond motifs is 2. The molecule has 4 aromatic heterocycles. The molecule has 5 heterocycles. The van der Waals surface area contributed by atoms with Crippen LogP contribution in [0.5, 0.6) is 0 Å². The van der Waals surface area contributed by atoms with Crippen molar-refractivity contribution in [3.8, 4) is 6.07 Å². The van der Waals surface area contributed by atoms with E-state index in [-0.39, 0.29) is 36.4 Å². The van der Waals surface area contributed by atoms with Crippen molar-refractivity contribution in [3.63, 3.8) is 0 Å². The van der Waals surface area contributed by atoms with Gasteiger partial charge in [-0.1, -0.05) is 68.0 Å². The second-order valence-electron chi connectivity index (χ2n) is 11.9. The van der Waals surface area contributed by atoms with E-state index in [1.54, 1.807) is 23.2 Å². The van der Waals surface area contributed by atoms with E-state index < -0.39 is 0 Å². The lowest BCUT2D eigenvalue weighted by atomic mass is 10.0. The number of nitrogen functional groups attached to an aromatic ring is 1. The quantitative estimate of drug-likeness (QED) is 0.167. The molecule has 0 fully saturated rings. The first-order valence-electron chi connectivity index (χ1n) is 16.1. The van der Waals surface area contributed by atoms with E-state index in [1.165, 1.54) is 0 Å². The zero-order valence-corrected chi connectivity index (χ0v) is 29.3. The van der Waals surface area contributed by atoms with Crippen molar-refractivity contribution >= 4 is 34.8 Å². The predicted octanol–water partition coefficient (Wildman–Crippen LogP) is 7.46. The lowest BCUT2D eigenvalue weighted by Gasteiger charge is -2.30. The van der Waals surface area contributed by atoms with Crippen LogP contribution in [0.2, 0.25) is 0 Å². The minimum Gasteiger partial charge on any atom is -0.460 e. The van der Waals surface area contributed by atoms with Gasteiger partial charge in [-0.05, 0) is 31.7 Å². The molecule has 0 bridgehead atoms. The molecule has 0 saturated heterocycles. The van der Waals surface area contributed by atoms with Crippen molar-refractivity contribution in [3.05, 3.63) is 76.6 Å². The summed E-state index contributed by atoms with van der Waals surface area (Å²) in [5.41, 5.74) is 13.1. The number of ether oxygens (including phenoxy) is 1. The Morgan fingerprint density at radius 2 is 1.70 bits per heavy atom. The molecule has 0 saturated carbocycles. The summed E-state index contributed by atoms with van der Waals surface area (Å²) in [6.07, 6.45) is 5.11. The number of pyridine rings is 1. The Kier molecular flexibility index (Phi) is 12.4. The molecular formula is C36H47N9O2. The van der Waals surface area contributed by atoms with Gasteiger partial charge in [-0.2, -0.15) is 5.26 Å². The Labute approximate surface area is 278 Å². The van der Waals surface area contributed by atoms with E-state index in [0.717, 1.165) is 28.1 Å². The van der Waals surface area contributed by atoms with Gasteiger partial charge >= 0.3 is 5.97 Å². The molecule has 0 aromatic carbocycles.